The van der Waals surface area contributed by atoms with E-state index in [1.54, 1.807) is 0 Å². The second-order valence-electron chi connectivity index (χ2n) is 5.57. The second kappa shape index (κ2) is 6.55. The molecule has 0 amide bonds. The lowest BCUT2D eigenvalue weighted by atomic mass is 10.0. The molecule has 0 aliphatic carbocycles. The molecule has 0 fully saturated rings. The van der Waals surface area contributed by atoms with Gasteiger partial charge in [0, 0.05) is 12.5 Å². The quantitative estimate of drug-likeness (QED) is 0.816. The number of benzene rings is 1. The standard InChI is InChI=1S/C15H23NO2/c1-15(2,3)18-14(17)10-9-13(16)11-12-7-5-4-6-8-12/h4-8,13H,9-11,16H2,1-3H3. The molecule has 0 spiro atoms. The molecule has 1 aromatic carbocycles. The number of carbonyl (C=O) groups is 1. The molecular formula is C15H23NO2. The van der Waals surface area contributed by atoms with Crippen LogP contribution in [0.2, 0.25) is 0 Å². The highest BCUT2D eigenvalue weighted by molar-refractivity contribution is 5.69. The molecule has 0 saturated carbocycles. The van der Waals surface area contributed by atoms with Gasteiger partial charge in [0.25, 0.3) is 0 Å². The Morgan fingerprint density at radius 3 is 2.44 bits per heavy atom. The van der Waals surface area contributed by atoms with Crippen molar-refractivity contribution in [2.24, 2.45) is 5.73 Å². The van der Waals surface area contributed by atoms with Gasteiger partial charge >= 0.3 is 5.97 Å². The van der Waals surface area contributed by atoms with E-state index in [9.17, 15) is 4.79 Å². The van der Waals surface area contributed by atoms with Gasteiger partial charge in [-0.2, -0.15) is 0 Å². The van der Waals surface area contributed by atoms with Crippen LogP contribution in [0.25, 0.3) is 0 Å². The van der Waals surface area contributed by atoms with Gasteiger partial charge in [0.1, 0.15) is 5.60 Å². The third-order valence-electron chi connectivity index (χ3n) is 2.48. The smallest absolute Gasteiger partial charge is 0.306 e. The minimum Gasteiger partial charge on any atom is -0.460 e. The predicted octanol–water partition coefficient (Wildman–Crippen LogP) is 2.68. The van der Waals surface area contributed by atoms with Crippen molar-refractivity contribution < 1.29 is 9.53 Å². The molecule has 18 heavy (non-hydrogen) atoms. The molecule has 1 unspecified atom stereocenters. The Morgan fingerprint density at radius 2 is 1.89 bits per heavy atom. The SMILES string of the molecule is CC(C)(C)OC(=O)CCC(N)Cc1ccccc1. The summed E-state index contributed by atoms with van der Waals surface area (Å²) in [6.07, 6.45) is 1.83. The summed E-state index contributed by atoms with van der Waals surface area (Å²) in [5, 5.41) is 0. The highest BCUT2D eigenvalue weighted by Crippen LogP contribution is 2.11. The van der Waals surface area contributed by atoms with Crippen LogP contribution < -0.4 is 5.73 Å². The number of rotatable bonds is 5. The van der Waals surface area contributed by atoms with E-state index in [-0.39, 0.29) is 12.0 Å². The van der Waals surface area contributed by atoms with Crippen molar-refractivity contribution in [3.8, 4) is 0 Å². The maximum Gasteiger partial charge on any atom is 0.306 e. The van der Waals surface area contributed by atoms with E-state index < -0.39 is 5.60 Å². The summed E-state index contributed by atoms with van der Waals surface area (Å²) in [6, 6.07) is 10.1. The lowest BCUT2D eigenvalue weighted by Gasteiger charge is -2.20. The van der Waals surface area contributed by atoms with Crippen molar-refractivity contribution in [1.29, 1.82) is 0 Å². The maximum absolute atomic E-state index is 11.5. The normalized spacial score (nSPS) is 13.1. The highest BCUT2D eigenvalue weighted by atomic mass is 16.6. The Balaban J connectivity index is 2.29. The average Bonchev–Trinajstić information content (AvgIpc) is 2.25. The molecule has 1 rings (SSSR count). The van der Waals surface area contributed by atoms with E-state index >= 15 is 0 Å². The van der Waals surface area contributed by atoms with Crippen LogP contribution in [0.4, 0.5) is 0 Å². The molecule has 0 heterocycles. The van der Waals surface area contributed by atoms with Gasteiger partial charge in [0.2, 0.25) is 0 Å². The topological polar surface area (TPSA) is 52.3 Å². The molecule has 0 aliphatic heterocycles. The minimum absolute atomic E-state index is 0.0000756. The number of carbonyl (C=O) groups excluding carboxylic acids is 1. The molecule has 100 valence electrons. The van der Waals surface area contributed by atoms with Crippen LogP contribution in [0, 0.1) is 0 Å². The molecule has 3 nitrogen and oxygen atoms in total. The first-order valence-corrected chi connectivity index (χ1v) is 6.38. The largest absolute Gasteiger partial charge is 0.460 e. The Morgan fingerprint density at radius 1 is 1.28 bits per heavy atom. The maximum atomic E-state index is 11.5. The fourth-order valence-corrected chi connectivity index (χ4v) is 1.71. The molecule has 0 saturated heterocycles. The van der Waals surface area contributed by atoms with Crippen molar-refractivity contribution in [1.82, 2.24) is 0 Å². The first-order valence-electron chi connectivity index (χ1n) is 6.38. The van der Waals surface area contributed by atoms with Crippen LogP contribution in [0.3, 0.4) is 0 Å². The van der Waals surface area contributed by atoms with Crippen LogP contribution in [0.5, 0.6) is 0 Å². The summed E-state index contributed by atoms with van der Waals surface area (Å²) in [6.45, 7) is 5.61. The molecule has 3 heteroatoms. The van der Waals surface area contributed by atoms with Crippen molar-refractivity contribution in [3.63, 3.8) is 0 Å². The van der Waals surface area contributed by atoms with E-state index in [1.807, 2.05) is 51.1 Å². The van der Waals surface area contributed by atoms with Crippen molar-refractivity contribution >= 4 is 5.97 Å². The summed E-state index contributed by atoms with van der Waals surface area (Å²) in [7, 11) is 0. The van der Waals surface area contributed by atoms with Crippen LogP contribution in [-0.4, -0.2) is 17.6 Å². The molecule has 0 aromatic heterocycles. The average molecular weight is 249 g/mol. The monoisotopic (exact) mass is 249 g/mol. The number of hydrogen-bond acceptors (Lipinski definition) is 3. The fourth-order valence-electron chi connectivity index (χ4n) is 1.71. The molecule has 0 aliphatic rings. The summed E-state index contributed by atoms with van der Waals surface area (Å²) >= 11 is 0. The molecule has 1 aromatic rings. The second-order valence-corrected chi connectivity index (χ2v) is 5.57. The van der Waals surface area contributed by atoms with E-state index in [2.05, 4.69) is 0 Å². The minimum atomic E-state index is -0.416. The van der Waals surface area contributed by atoms with Gasteiger partial charge in [-0.3, -0.25) is 4.79 Å². The van der Waals surface area contributed by atoms with Crippen LogP contribution in [0.15, 0.2) is 30.3 Å². The van der Waals surface area contributed by atoms with Gasteiger partial charge in [-0.15, -0.1) is 0 Å². The molecular weight excluding hydrogens is 226 g/mol. The Hall–Kier alpha value is -1.35. The van der Waals surface area contributed by atoms with Gasteiger partial charge in [-0.1, -0.05) is 30.3 Å². The zero-order chi connectivity index (χ0) is 13.6. The molecule has 2 N–H and O–H groups in total. The van der Waals surface area contributed by atoms with Crippen molar-refractivity contribution in [2.45, 2.75) is 51.7 Å². The third kappa shape index (κ3) is 6.40. The van der Waals surface area contributed by atoms with Gasteiger partial charge in [0.05, 0.1) is 0 Å². The molecule has 1 atom stereocenters. The highest BCUT2D eigenvalue weighted by Gasteiger charge is 2.16. The van der Waals surface area contributed by atoms with E-state index in [4.69, 9.17) is 10.5 Å². The Labute approximate surface area is 109 Å². The van der Waals surface area contributed by atoms with E-state index in [1.165, 1.54) is 5.56 Å². The fraction of sp³-hybridized carbons (Fsp3) is 0.533. The van der Waals surface area contributed by atoms with Crippen LogP contribution >= 0.6 is 0 Å². The van der Waals surface area contributed by atoms with Crippen molar-refractivity contribution in [2.75, 3.05) is 0 Å². The Kier molecular flexibility index (Phi) is 5.35. The lowest BCUT2D eigenvalue weighted by Crippen LogP contribution is -2.27. The zero-order valence-corrected chi connectivity index (χ0v) is 11.5. The predicted molar refractivity (Wildman–Crippen MR) is 73.2 cm³/mol. The van der Waals surface area contributed by atoms with Gasteiger partial charge in [0.15, 0.2) is 0 Å². The molecule has 0 bridgehead atoms. The summed E-state index contributed by atoms with van der Waals surface area (Å²) < 4.78 is 5.24. The van der Waals surface area contributed by atoms with Gasteiger partial charge in [-0.05, 0) is 39.2 Å². The molecule has 0 radical (unpaired) electrons. The lowest BCUT2D eigenvalue weighted by molar-refractivity contribution is -0.155. The van der Waals surface area contributed by atoms with Crippen molar-refractivity contribution in [3.05, 3.63) is 35.9 Å². The van der Waals surface area contributed by atoms with Crippen LogP contribution in [-0.2, 0) is 16.0 Å². The number of esters is 1. The van der Waals surface area contributed by atoms with E-state index in [0.29, 0.717) is 12.8 Å². The summed E-state index contributed by atoms with van der Waals surface area (Å²) in [4.78, 5) is 11.5. The number of ether oxygens (including phenoxy) is 1. The van der Waals surface area contributed by atoms with E-state index in [0.717, 1.165) is 6.42 Å². The Bertz CT molecular complexity index is 368. The summed E-state index contributed by atoms with van der Waals surface area (Å²) in [5.74, 6) is -0.175. The summed E-state index contributed by atoms with van der Waals surface area (Å²) in [5.41, 5.74) is 6.80. The van der Waals surface area contributed by atoms with Gasteiger partial charge < -0.3 is 10.5 Å². The number of hydrogen-bond donors (Lipinski definition) is 1. The first kappa shape index (κ1) is 14.7. The zero-order valence-electron chi connectivity index (χ0n) is 11.5. The first-order chi connectivity index (χ1) is 8.37. The third-order valence-corrected chi connectivity index (χ3v) is 2.48. The van der Waals surface area contributed by atoms with Gasteiger partial charge in [-0.25, -0.2) is 0 Å². The van der Waals surface area contributed by atoms with Crippen LogP contribution in [0.1, 0.15) is 39.2 Å². The number of nitrogens with two attached hydrogens (primary N) is 1.